The van der Waals surface area contributed by atoms with Gasteiger partial charge in [0.25, 0.3) is 0 Å². The van der Waals surface area contributed by atoms with Gasteiger partial charge in [-0.1, -0.05) is 106 Å². The number of aliphatic imine (C=N–C) groups is 1. The van der Waals surface area contributed by atoms with E-state index >= 15 is 0 Å². The second-order valence-electron chi connectivity index (χ2n) is 17.6. The summed E-state index contributed by atoms with van der Waals surface area (Å²) in [5.41, 5.74) is 21.2. The molecule has 6 aliphatic rings. The van der Waals surface area contributed by atoms with Crippen LogP contribution in [0.1, 0.15) is 117 Å². The average molecular weight is 674 g/mol. The first kappa shape index (κ1) is 30.8. The van der Waals surface area contributed by atoms with Gasteiger partial charge in [0.15, 0.2) is 0 Å². The Bertz CT molecular complexity index is 2540. The Balaban J connectivity index is 1.19. The predicted molar refractivity (Wildman–Crippen MR) is 223 cm³/mol. The fraction of sp³-hybridized carbons (Fsp3) is 0.314. The number of hydrogen-bond donors (Lipinski definition) is 0. The van der Waals surface area contributed by atoms with Crippen molar-refractivity contribution in [2.75, 3.05) is 6.54 Å². The van der Waals surface area contributed by atoms with Gasteiger partial charge < -0.3 is 0 Å². The van der Waals surface area contributed by atoms with E-state index in [4.69, 9.17) is 4.99 Å². The van der Waals surface area contributed by atoms with Crippen molar-refractivity contribution in [1.82, 2.24) is 0 Å². The third-order valence-electron chi connectivity index (χ3n) is 13.1. The maximum Gasteiger partial charge on any atom is 0.0572 e. The molecule has 11 rings (SSSR count). The summed E-state index contributed by atoms with van der Waals surface area (Å²) in [5, 5.41) is 5.87. The highest BCUT2D eigenvalue weighted by Gasteiger charge is 2.42. The first-order valence-corrected chi connectivity index (χ1v) is 20.0. The van der Waals surface area contributed by atoms with Gasteiger partial charge in [-0.3, -0.25) is 4.99 Å². The molecule has 0 radical (unpaired) electrons. The minimum atomic E-state index is 0.257. The van der Waals surface area contributed by atoms with Gasteiger partial charge in [-0.2, -0.15) is 0 Å². The van der Waals surface area contributed by atoms with E-state index < -0.39 is 0 Å². The molecule has 1 nitrogen and oxygen atoms in total. The Labute approximate surface area is 308 Å². The molecule has 3 atom stereocenters. The molecule has 3 unspecified atom stereocenters. The molecular weight excluding hydrogens is 627 g/mol. The van der Waals surface area contributed by atoms with Crippen molar-refractivity contribution >= 4 is 38.9 Å². The fourth-order valence-corrected chi connectivity index (χ4v) is 11.2. The SMILES string of the molecule is CC(C)(C)Cc1ccc2c(c1)-c1ccc(-c3cc4c5c(c6c(c(C7=CCCCC7)c5c3)C3CCC=NCC=C6C3)C3C=CC=CC43)c3cccc-2c13. The standard InChI is InChI=1S/C51H47N/c1-51(2,3)29-30-18-19-37-39-17-9-16-38-35(20-21-41(48(38)39)42(37)25-30)34-27-43-36-14-7-8-15-40(36)50-47-33-22-24-52-23-10-13-32(26-33)46(47)45(44(28-34)49(43)50)31-11-5-4-6-12-31/h7-9,11,14-23,25,27-28,32,36,40H,4-6,10,12-13,24,26,29H2,1-3H3. The van der Waals surface area contributed by atoms with Crippen molar-refractivity contribution < 1.29 is 0 Å². The summed E-state index contributed by atoms with van der Waals surface area (Å²) in [6.07, 6.45) is 26.4. The molecule has 1 aliphatic heterocycles. The van der Waals surface area contributed by atoms with Crippen LogP contribution in [0.4, 0.5) is 0 Å². The first-order valence-electron chi connectivity index (χ1n) is 20.0. The van der Waals surface area contributed by atoms with Crippen LogP contribution < -0.4 is 0 Å². The van der Waals surface area contributed by atoms with E-state index in [0.29, 0.717) is 17.8 Å². The Hall–Kier alpha value is -4.75. The van der Waals surface area contributed by atoms with Crippen molar-refractivity contribution in [1.29, 1.82) is 0 Å². The van der Waals surface area contributed by atoms with E-state index in [9.17, 15) is 0 Å². The van der Waals surface area contributed by atoms with Gasteiger partial charge in [0.2, 0.25) is 0 Å². The van der Waals surface area contributed by atoms with Crippen LogP contribution in [0.3, 0.4) is 0 Å². The number of nitrogens with zero attached hydrogens (tertiary/aromatic N) is 1. The second-order valence-corrected chi connectivity index (χ2v) is 17.6. The highest BCUT2D eigenvalue weighted by molar-refractivity contribution is 6.19. The monoisotopic (exact) mass is 673 g/mol. The summed E-state index contributed by atoms with van der Waals surface area (Å²) >= 11 is 0. The summed E-state index contributed by atoms with van der Waals surface area (Å²) in [4.78, 5) is 4.79. The van der Waals surface area contributed by atoms with Gasteiger partial charge >= 0.3 is 0 Å². The van der Waals surface area contributed by atoms with E-state index in [-0.39, 0.29) is 5.41 Å². The number of rotatable bonds is 3. The molecule has 0 saturated heterocycles. The first-order chi connectivity index (χ1) is 25.4. The van der Waals surface area contributed by atoms with E-state index in [1.807, 2.05) is 0 Å². The molecule has 5 aromatic rings. The maximum atomic E-state index is 4.79. The van der Waals surface area contributed by atoms with E-state index in [0.717, 1.165) is 25.8 Å². The maximum absolute atomic E-state index is 4.79. The molecule has 0 saturated carbocycles. The van der Waals surface area contributed by atoms with Crippen LogP contribution in [0.25, 0.3) is 66.1 Å². The molecular formula is C51H47N. The molecule has 0 fully saturated rings. The van der Waals surface area contributed by atoms with Crippen LogP contribution in [-0.4, -0.2) is 12.8 Å². The zero-order valence-corrected chi connectivity index (χ0v) is 30.9. The van der Waals surface area contributed by atoms with Crippen molar-refractivity contribution in [3.8, 4) is 33.4 Å². The van der Waals surface area contributed by atoms with Crippen molar-refractivity contribution in [2.24, 2.45) is 10.4 Å². The minimum Gasteiger partial charge on any atom is -0.293 e. The van der Waals surface area contributed by atoms with Crippen LogP contribution in [0, 0.1) is 5.41 Å². The zero-order chi connectivity index (χ0) is 34.7. The Morgan fingerprint density at radius 3 is 2.40 bits per heavy atom. The number of fused-ring (bicyclic) bond motifs is 12. The Morgan fingerprint density at radius 2 is 1.54 bits per heavy atom. The largest absolute Gasteiger partial charge is 0.293 e. The molecule has 2 bridgehead atoms. The summed E-state index contributed by atoms with van der Waals surface area (Å²) in [6.45, 7) is 7.83. The summed E-state index contributed by atoms with van der Waals surface area (Å²) in [7, 11) is 0. The lowest BCUT2D eigenvalue weighted by Crippen LogP contribution is -2.09. The molecule has 0 amide bonds. The van der Waals surface area contributed by atoms with Gasteiger partial charge in [0.1, 0.15) is 0 Å². The summed E-state index contributed by atoms with van der Waals surface area (Å²) in [5.74, 6) is 1.31. The molecule has 5 aromatic carbocycles. The number of allylic oxidation sites excluding steroid dienone is 7. The van der Waals surface area contributed by atoms with Crippen LogP contribution in [-0.2, 0) is 6.42 Å². The minimum absolute atomic E-state index is 0.257. The van der Waals surface area contributed by atoms with E-state index in [1.54, 1.807) is 38.8 Å². The number of hydrogen-bond acceptors (Lipinski definition) is 1. The predicted octanol–water partition coefficient (Wildman–Crippen LogP) is 13.9. The molecule has 0 spiro atoms. The molecule has 256 valence electrons. The topological polar surface area (TPSA) is 12.4 Å². The van der Waals surface area contributed by atoms with Crippen LogP contribution in [0.2, 0.25) is 0 Å². The zero-order valence-electron chi connectivity index (χ0n) is 30.9. The van der Waals surface area contributed by atoms with Gasteiger partial charge in [0, 0.05) is 11.8 Å². The lowest BCUT2D eigenvalue weighted by atomic mass is 9.78. The smallest absolute Gasteiger partial charge is 0.0572 e. The molecule has 0 N–H and O–H groups in total. The van der Waals surface area contributed by atoms with Crippen LogP contribution in [0.15, 0.2) is 102 Å². The van der Waals surface area contributed by atoms with E-state index in [2.05, 4.69) is 124 Å². The van der Waals surface area contributed by atoms with Gasteiger partial charge in [-0.05, 0) is 180 Å². The average Bonchev–Trinajstić information content (AvgIpc) is 3.81. The lowest BCUT2D eigenvalue weighted by Gasteiger charge is -2.25. The normalized spacial score (nSPS) is 22.2. The highest BCUT2D eigenvalue weighted by Crippen LogP contribution is 2.61. The Kier molecular flexibility index (Phi) is 6.74. The summed E-state index contributed by atoms with van der Waals surface area (Å²) in [6, 6.07) is 24.4. The number of benzene rings is 5. The van der Waals surface area contributed by atoms with Gasteiger partial charge in [-0.25, -0.2) is 0 Å². The van der Waals surface area contributed by atoms with Gasteiger partial charge in [0.05, 0.1) is 6.54 Å². The van der Waals surface area contributed by atoms with Crippen molar-refractivity contribution in [3.05, 3.63) is 131 Å². The molecule has 1 heteroatoms. The quantitative estimate of drug-likeness (QED) is 0.177. The molecule has 1 heterocycles. The van der Waals surface area contributed by atoms with E-state index in [1.165, 1.54) is 92.8 Å². The van der Waals surface area contributed by atoms with Crippen LogP contribution >= 0.6 is 0 Å². The molecule has 0 aromatic heterocycles. The van der Waals surface area contributed by atoms with Crippen LogP contribution in [0.5, 0.6) is 0 Å². The lowest BCUT2D eigenvalue weighted by molar-refractivity contribution is 0.411. The Morgan fingerprint density at radius 1 is 0.692 bits per heavy atom. The third-order valence-corrected chi connectivity index (χ3v) is 13.1. The van der Waals surface area contributed by atoms with Crippen molar-refractivity contribution in [3.63, 3.8) is 0 Å². The fourth-order valence-electron chi connectivity index (χ4n) is 11.2. The summed E-state index contributed by atoms with van der Waals surface area (Å²) < 4.78 is 0. The highest BCUT2D eigenvalue weighted by atomic mass is 14.7. The van der Waals surface area contributed by atoms with Gasteiger partial charge in [-0.15, -0.1) is 0 Å². The third kappa shape index (κ3) is 4.50. The van der Waals surface area contributed by atoms with Crippen molar-refractivity contribution in [2.45, 2.75) is 89.9 Å². The second kappa shape index (κ2) is 11.4. The molecule has 52 heavy (non-hydrogen) atoms. The molecule has 5 aliphatic carbocycles.